The van der Waals surface area contributed by atoms with Gasteiger partial charge in [-0.3, -0.25) is 9.59 Å². The van der Waals surface area contributed by atoms with Crippen molar-refractivity contribution in [3.8, 4) is 0 Å². The van der Waals surface area contributed by atoms with E-state index in [1.54, 1.807) is 7.11 Å². The second-order valence-corrected chi connectivity index (χ2v) is 5.20. The van der Waals surface area contributed by atoms with Gasteiger partial charge in [-0.1, -0.05) is 28.1 Å². The zero-order valence-corrected chi connectivity index (χ0v) is 13.0. The van der Waals surface area contributed by atoms with Crippen LogP contribution in [-0.2, 0) is 20.7 Å². The summed E-state index contributed by atoms with van der Waals surface area (Å²) in [6, 6.07) is 7.52. The maximum absolute atomic E-state index is 11.7. The first-order chi connectivity index (χ1) is 9.61. The summed E-state index contributed by atoms with van der Waals surface area (Å²) in [5.41, 5.74) is 0.900. The monoisotopic (exact) mass is 342 g/mol. The Morgan fingerprint density at radius 1 is 1.25 bits per heavy atom. The molecule has 5 nitrogen and oxygen atoms in total. The minimum absolute atomic E-state index is 0.000180. The van der Waals surface area contributed by atoms with E-state index in [0.717, 1.165) is 16.5 Å². The van der Waals surface area contributed by atoms with Gasteiger partial charge in [0.2, 0.25) is 11.8 Å². The van der Waals surface area contributed by atoms with Crippen molar-refractivity contribution in [1.82, 2.24) is 10.6 Å². The third-order valence-electron chi connectivity index (χ3n) is 2.55. The van der Waals surface area contributed by atoms with Crippen LogP contribution in [-0.4, -0.2) is 38.6 Å². The molecule has 2 N–H and O–H groups in total. The lowest BCUT2D eigenvalue weighted by Gasteiger charge is -2.07. The van der Waals surface area contributed by atoms with Crippen LogP contribution in [0, 0.1) is 0 Å². The molecule has 6 heteroatoms. The van der Waals surface area contributed by atoms with Gasteiger partial charge in [-0.2, -0.15) is 0 Å². The molecule has 2 amide bonds. The highest BCUT2D eigenvalue weighted by molar-refractivity contribution is 9.10. The van der Waals surface area contributed by atoms with Crippen LogP contribution < -0.4 is 10.6 Å². The van der Waals surface area contributed by atoms with Gasteiger partial charge in [0.25, 0.3) is 0 Å². The van der Waals surface area contributed by atoms with Gasteiger partial charge in [0.15, 0.2) is 0 Å². The van der Waals surface area contributed by atoms with Crippen LogP contribution in [0.15, 0.2) is 28.7 Å². The summed E-state index contributed by atoms with van der Waals surface area (Å²) in [4.78, 5) is 23.1. The summed E-state index contributed by atoms with van der Waals surface area (Å²) < 4.78 is 5.80. The number of ether oxygens (including phenoxy) is 1. The number of hydrogen-bond acceptors (Lipinski definition) is 3. The fourth-order valence-electron chi connectivity index (χ4n) is 1.58. The number of hydrogen-bond donors (Lipinski definition) is 2. The molecule has 0 bridgehead atoms. The molecule has 0 aliphatic rings. The van der Waals surface area contributed by atoms with Gasteiger partial charge in [-0.25, -0.2) is 0 Å². The van der Waals surface area contributed by atoms with Gasteiger partial charge in [0.1, 0.15) is 0 Å². The van der Waals surface area contributed by atoms with E-state index in [1.807, 2.05) is 24.3 Å². The Hall–Kier alpha value is -1.40. The Morgan fingerprint density at radius 2 is 2.05 bits per heavy atom. The molecule has 0 saturated heterocycles. The summed E-state index contributed by atoms with van der Waals surface area (Å²) in [5, 5.41) is 5.30. The molecule has 110 valence electrons. The standard InChI is InChI=1S/C14H19BrN2O3/c1-20-7-3-6-16-14(19)10-17-13(18)9-11-4-2-5-12(15)8-11/h2,4-5,8H,3,6-7,9-10H2,1H3,(H,16,19)(H,17,18). The van der Waals surface area contributed by atoms with Crippen LogP contribution in [0.3, 0.4) is 0 Å². The predicted octanol–water partition coefficient (Wildman–Crippen LogP) is 1.26. The first-order valence-electron chi connectivity index (χ1n) is 6.38. The number of carbonyl (C=O) groups is 2. The molecule has 1 aromatic carbocycles. The molecule has 20 heavy (non-hydrogen) atoms. The average Bonchev–Trinajstić information content (AvgIpc) is 2.41. The van der Waals surface area contributed by atoms with E-state index in [-0.39, 0.29) is 24.8 Å². The lowest BCUT2D eigenvalue weighted by molar-refractivity contribution is -0.125. The minimum Gasteiger partial charge on any atom is -0.385 e. The number of rotatable bonds is 8. The predicted molar refractivity (Wildman–Crippen MR) is 80.4 cm³/mol. The molecular formula is C14H19BrN2O3. The quantitative estimate of drug-likeness (QED) is 0.699. The third kappa shape index (κ3) is 7.25. The Labute approximate surface area is 127 Å². The van der Waals surface area contributed by atoms with E-state index < -0.39 is 0 Å². The van der Waals surface area contributed by atoms with Gasteiger partial charge in [-0.05, 0) is 24.1 Å². The van der Waals surface area contributed by atoms with Crippen molar-refractivity contribution < 1.29 is 14.3 Å². The van der Waals surface area contributed by atoms with Crippen molar-refractivity contribution >= 4 is 27.7 Å². The van der Waals surface area contributed by atoms with Crippen molar-refractivity contribution in [2.75, 3.05) is 26.8 Å². The highest BCUT2D eigenvalue weighted by Gasteiger charge is 2.06. The van der Waals surface area contributed by atoms with Crippen molar-refractivity contribution in [2.45, 2.75) is 12.8 Å². The van der Waals surface area contributed by atoms with E-state index in [0.29, 0.717) is 13.2 Å². The highest BCUT2D eigenvalue weighted by Crippen LogP contribution is 2.11. The molecule has 0 fully saturated rings. The Morgan fingerprint density at radius 3 is 2.75 bits per heavy atom. The van der Waals surface area contributed by atoms with Crippen molar-refractivity contribution in [3.05, 3.63) is 34.3 Å². The smallest absolute Gasteiger partial charge is 0.239 e. The molecule has 0 aliphatic carbocycles. The second-order valence-electron chi connectivity index (χ2n) is 4.28. The number of methoxy groups -OCH3 is 1. The normalized spacial score (nSPS) is 10.1. The molecule has 1 rings (SSSR count). The zero-order chi connectivity index (χ0) is 14.8. The van der Waals surface area contributed by atoms with E-state index >= 15 is 0 Å². The highest BCUT2D eigenvalue weighted by atomic mass is 79.9. The van der Waals surface area contributed by atoms with Crippen LogP contribution in [0.25, 0.3) is 0 Å². The van der Waals surface area contributed by atoms with Crippen molar-refractivity contribution in [2.24, 2.45) is 0 Å². The molecule has 0 saturated carbocycles. The van der Waals surface area contributed by atoms with Crippen molar-refractivity contribution in [3.63, 3.8) is 0 Å². The molecular weight excluding hydrogens is 324 g/mol. The largest absolute Gasteiger partial charge is 0.385 e. The molecule has 1 aromatic rings. The Bertz CT molecular complexity index is 452. The zero-order valence-electron chi connectivity index (χ0n) is 11.4. The molecule has 0 heterocycles. The Balaban J connectivity index is 2.21. The van der Waals surface area contributed by atoms with E-state index in [2.05, 4.69) is 26.6 Å². The SMILES string of the molecule is COCCCNC(=O)CNC(=O)Cc1cccc(Br)c1. The van der Waals surface area contributed by atoms with E-state index in [9.17, 15) is 9.59 Å². The van der Waals surface area contributed by atoms with Gasteiger partial charge < -0.3 is 15.4 Å². The fraction of sp³-hybridized carbons (Fsp3) is 0.429. The van der Waals surface area contributed by atoms with E-state index in [4.69, 9.17) is 4.74 Å². The van der Waals surface area contributed by atoms with Crippen LogP contribution in [0.5, 0.6) is 0 Å². The summed E-state index contributed by atoms with van der Waals surface area (Å²) >= 11 is 3.35. The van der Waals surface area contributed by atoms with Gasteiger partial charge >= 0.3 is 0 Å². The number of halogens is 1. The third-order valence-corrected chi connectivity index (χ3v) is 3.04. The number of carbonyl (C=O) groups excluding carboxylic acids is 2. The molecule has 0 aliphatic heterocycles. The maximum Gasteiger partial charge on any atom is 0.239 e. The molecule has 0 unspecified atom stereocenters. The molecule has 0 spiro atoms. The van der Waals surface area contributed by atoms with Crippen LogP contribution in [0.4, 0.5) is 0 Å². The maximum atomic E-state index is 11.7. The summed E-state index contributed by atoms with van der Waals surface area (Å²) in [6.45, 7) is 1.16. The summed E-state index contributed by atoms with van der Waals surface area (Å²) in [7, 11) is 1.62. The number of nitrogens with one attached hydrogen (secondary N) is 2. The topological polar surface area (TPSA) is 67.4 Å². The average molecular weight is 343 g/mol. The van der Waals surface area contributed by atoms with Gasteiger partial charge in [0.05, 0.1) is 13.0 Å². The Kier molecular flexibility index (Phi) is 7.91. The van der Waals surface area contributed by atoms with Crippen LogP contribution in [0.1, 0.15) is 12.0 Å². The lowest BCUT2D eigenvalue weighted by atomic mass is 10.1. The van der Waals surface area contributed by atoms with Crippen LogP contribution >= 0.6 is 15.9 Å². The lowest BCUT2D eigenvalue weighted by Crippen LogP contribution is -2.38. The van der Waals surface area contributed by atoms with Crippen LogP contribution in [0.2, 0.25) is 0 Å². The molecule has 0 aromatic heterocycles. The minimum atomic E-state index is -0.191. The fourth-order valence-corrected chi connectivity index (χ4v) is 2.03. The van der Waals surface area contributed by atoms with Crippen molar-refractivity contribution in [1.29, 1.82) is 0 Å². The second kappa shape index (κ2) is 9.50. The van der Waals surface area contributed by atoms with Gasteiger partial charge in [0, 0.05) is 24.7 Å². The number of amides is 2. The summed E-state index contributed by atoms with van der Waals surface area (Å²) in [6.07, 6.45) is 1.02. The number of benzene rings is 1. The van der Waals surface area contributed by atoms with E-state index in [1.165, 1.54) is 0 Å². The first-order valence-corrected chi connectivity index (χ1v) is 7.18. The van der Waals surface area contributed by atoms with Gasteiger partial charge in [-0.15, -0.1) is 0 Å². The first kappa shape index (κ1) is 16.7. The summed E-state index contributed by atoms with van der Waals surface area (Å²) in [5.74, 6) is -0.362. The molecule has 0 radical (unpaired) electrons. The molecule has 0 atom stereocenters.